The maximum Gasteiger partial charge on any atom is 0.0259 e. The minimum atomic E-state index is 0.765. The number of hydrogen-bond donors (Lipinski definition) is 1. The van der Waals surface area contributed by atoms with Crippen LogP contribution < -0.4 is 5.32 Å². The van der Waals surface area contributed by atoms with Crippen LogP contribution in [0.4, 0.5) is 0 Å². The third-order valence-electron chi connectivity index (χ3n) is 4.51. The Balaban J connectivity index is 1.80. The lowest BCUT2D eigenvalue weighted by Gasteiger charge is -2.41. The van der Waals surface area contributed by atoms with Gasteiger partial charge in [0.2, 0.25) is 0 Å². The van der Waals surface area contributed by atoms with Crippen LogP contribution in [0.2, 0.25) is 0 Å². The van der Waals surface area contributed by atoms with Crippen molar-refractivity contribution in [2.75, 3.05) is 39.3 Å². The molecule has 2 fully saturated rings. The predicted molar refractivity (Wildman–Crippen MR) is 68.7 cm³/mol. The summed E-state index contributed by atoms with van der Waals surface area (Å²) in [5.41, 5.74) is 0. The van der Waals surface area contributed by atoms with E-state index in [0.29, 0.717) is 0 Å². The minimum absolute atomic E-state index is 0.765. The van der Waals surface area contributed by atoms with Crippen LogP contribution in [0.15, 0.2) is 0 Å². The molecule has 0 spiro atoms. The normalized spacial score (nSPS) is 35.4. The lowest BCUT2D eigenvalue weighted by atomic mass is 10.0. The smallest absolute Gasteiger partial charge is 0.0259 e. The number of piperazine rings is 1. The molecule has 2 aliphatic heterocycles. The highest BCUT2D eigenvalue weighted by molar-refractivity contribution is 4.89. The van der Waals surface area contributed by atoms with Crippen molar-refractivity contribution in [2.45, 2.75) is 39.3 Å². The molecule has 3 atom stereocenters. The summed E-state index contributed by atoms with van der Waals surface area (Å²) in [5, 5.41) is 3.51. The third-order valence-corrected chi connectivity index (χ3v) is 4.51. The molecule has 0 amide bonds. The van der Waals surface area contributed by atoms with E-state index < -0.39 is 0 Å². The van der Waals surface area contributed by atoms with Crippen LogP contribution in [0.3, 0.4) is 0 Å². The molecule has 94 valence electrons. The van der Waals surface area contributed by atoms with E-state index in [-0.39, 0.29) is 0 Å². The van der Waals surface area contributed by atoms with Crippen molar-refractivity contribution >= 4 is 0 Å². The summed E-state index contributed by atoms with van der Waals surface area (Å²) >= 11 is 0. The van der Waals surface area contributed by atoms with Gasteiger partial charge < -0.3 is 5.32 Å². The number of hydrogen-bond acceptors (Lipinski definition) is 3. The van der Waals surface area contributed by atoms with E-state index >= 15 is 0 Å². The Morgan fingerprint density at radius 1 is 1.19 bits per heavy atom. The van der Waals surface area contributed by atoms with Crippen LogP contribution in [0.5, 0.6) is 0 Å². The van der Waals surface area contributed by atoms with E-state index in [2.05, 4.69) is 35.9 Å². The molecule has 0 bridgehead atoms. The van der Waals surface area contributed by atoms with Crippen LogP contribution in [0.1, 0.15) is 27.2 Å². The summed E-state index contributed by atoms with van der Waals surface area (Å²) in [4.78, 5) is 5.34. The van der Waals surface area contributed by atoms with E-state index in [1.54, 1.807) is 0 Å². The fourth-order valence-electron chi connectivity index (χ4n) is 3.05. The molecular weight excluding hydrogens is 198 g/mol. The average molecular weight is 225 g/mol. The predicted octanol–water partition coefficient (Wildman–Crippen LogP) is 1.01. The van der Waals surface area contributed by atoms with Gasteiger partial charge in [-0.2, -0.15) is 0 Å². The Morgan fingerprint density at radius 3 is 2.38 bits per heavy atom. The molecule has 0 saturated carbocycles. The largest absolute Gasteiger partial charge is 0.315 e. The summed E-state index contributed by atoms with van der Waals surface area (Å²) in [6.07, 6.45) is 1.28. The van der Waals surface area contributed by atoms with Gasteiger partial charge in [-0.1, -0.05) is 13.8 Å². The zero-order chi connectivity index (χ0) is 11.5. The first kappa shape index (κ1) is 12.3. The van der Waals surface area contributed by atoms with Crippen molar-refractivity contribution in [1.82, 2.24) is 15.1 Å². The van der Waals surface area contributed by atoms with Gasteiger partial charge in [0.1, 0.15) is 0 Å². The SMILES string of the molecule is CCC(C)N1CCN(C2CNCC2C)CC1. The molecule has 0 aromatic heterocycles. The molecule has 2 aliphatic rings. The Kier molecular flexibility index (Phi) is 4.22. The van der Waals surface area contributed by atoms with Crippen LogP contribution in [-0.2, 0) is 0 Å². The molecule has 2 saturated heterocycles. The van der Waals surface area contributed by atoms with Gasteiger partial charge >= 0.3 is 0 Å². The molecule has 16 heavy (non-hydrogen) atoms. The summed E-state index contributed by atoms with van der Waals surface area (Å²) in [5.74, 6) is 0.829. The molecule has 1 N–H and O–H groups in total. The van der Waals surface area contributed by atoms with E-state index in [1.165, 1.54) is 45.7 Å². The summed E-state index contributed by atoms with van der Waals surface area (Å²) in [6.45, 7) is 14.5. The molecule has 2 rings (SSSR count). The Morgan fingerprint density at radius 2 is 1.88 bits per heavy atom. The van der Waals surface area contributed by atoms with Gasteiger partial charge in [0.05, 0.1) is 0 Å². The fourth-order valence-corrected chi connectivity index (χ4v) is 3.05. The van der Waals surface area contributed by atoms with Crippen LogP contribution >= 0.6 is 0 Å². The average Bonchev–Trinajstić information content (AvgIpc) is 2.75. The van der Waals surface area contributed by atoms with Crippen LogP contribution in [0.25, 0.3) is 0 Å². The zero-order valence-corrected chi connectivity index (χ0v) is 11.1. The molecule has 0 aliphatic carbocycles. The summed E-state index contributed by atoms with van der Waals surface area (Å²) in [7, 11) is 0. The van der Waals surface area contributed by atoms with Crippen molar-refractivity contribution < 1.29 is 0 Å². The van der Waals surface area contributed by atoms with E-state index in [1.807, 2.05) is 0 Å². The Bertz CT molecular complexity index is 211. The quantitative estimate of drug-likeness (QED) is 0.773. The van der Waals surface area contributed by atoms with E-state index in [0.717, 1.165) is 18.0 Å². The first-order chi connectivity index (χ1) is 7.72. The third kappa shape index (κ3) is 2.58. The summed E-state index contributed by atoms with van der Waals surface area (Å²) in [6, 6.07) is 1.56. The van der Waals surface area contributed by atoms with Crippen molar-refractivity contribution in [1.29, 1.82) is 0 Å². The molecular formula is C13H27N3. The zero-order valence-electron chi connectivity index (χ0n) is 11.1. The highest BCUT2D eigenvalue weighted by atomic mass is 15.3. The topological polar surface area (TPSA) is 18.5 Å². The van der Waals surface area contributed by atoms with Crippen molar-refractivity contribution in [3.63, 3.8) is 0 Å². The monoisotopic (exact) mass is 225 g/mol. The second-order valence-electron chi connectivity index (χ2n) is 5.53. The first-order valence-corrected chi connectivity index (χ1v) is 6.91. The molecule has 3 unspecified atom stereocenters. The molecule has 3 heteroatoms. The highest BCUT2D eigenvalue weighted by Gasteiger charge is 2.31. The van der Waals surface area contributed by atoms with Gasteiger partial charge in [-0.15, -0.1) is 0 Å². The fraction of sp³-hybridized carbons (Fsp3) is 1.00. The van der Waals surface area contributed by atoms with Gasteiger partial charge in [0.15, 0.2) is 0 Å². The Hall–Kier alpha value is -0.120. The molecule has 0 radical (unpaired) electrons. The lowest BCUT2D eigenvalue weighted by Crippen LogP contribution is -2.54. The van der Waals surface area contributed by atoms with Gasteiger partial charge in [-0.25, -0.2) is 0 Å². The standard InChI is InChI=1S/C13H27N3/c1-4-12(3)15-5-7-16(8-6-15)13-10-14-9-11(13)2/h11-14H,4-10H2,1-3H3. The van der Waals surface area contributed by atoms with Crippen molar-refractivity contribution in [3.8, 4) is 0 Å². The molecule has 0 aromatic rings. The van der Waals surface area contributed by atoms with Gasteiger partial charge in [0.25, 0.3) is 0 Å². The van der Waals surface area contributed by atoms with E-state index in [4.69, 9.17) is 0 Å². The second kappa shape index (κ2) is 5.48. The number of nitrogens with one attached hydrogen (secondary N) is 1. The van der Waals surface area contributed by atoms with Crippen LogP contribution in [-0.4, -0.2) is 61.2 Å². The number of rotatable bonds is 3. The van der Waals surface area contributed by atoms with Crippen molar-refractivity contribution in [3.05, 3.63) is 0 Å². The maximum atomic E-state index is 3.51. The summed E-state index contributed by atoms with van der Waals surface area (Å²) < 4.78 is 0. The van der Waals surface area contributed by atoms with Crippen LogP contribution in [0, 0.1) is 5.92 Å². The van der Waals surface area contributed by atoms with Gasteiger partial charge in [0, 0.05) is 44.8 Å². The lowest BCUT2D eigenvalue weighted by molar-refractivity contribution is 0.0670. The first-order valence-electron chi connectivity index (χ1n) is 6.91. The second-order valence-corrected chi connectivity index (χ2v) is 5.53. The molecule has 2 heterocycles. The maximum absolute atomic E-state index is 3.51. The van der Waals surface area contributed by atoms with Crippen molar-refractivity contribution in [2.24, 2.45) is 5.92 Å². The number of nitrogens with zero attached hydrogens (tertiary/aromatic N) is 2. The van der Waals surface area contributed by atoms with Gasteiger partial charge in [-0.3, -0.25) is 9.80 Å². The highest BCUT2D eigenvalue weighted by Crippen LogP contribution is 2.18. The van der Waals surface area contributed by atoms with Gasteiger partial charge in [-0.05, 0) is 25.8 Å². The Labute approximate surface area is 100 Å². The molecule has 0 aromatic carbocycles. The van der Waals surface area contributed by atoms with E-state index in [9.17, 15) is 0 Å². The minimum Gasteiger partial charge on any atom is -0.315 e. The molecule has 3 nitrogen and oxygen atoms in total.